The van der Waals surface area contributed by atoms with Crippen molar-refractivity contribution >= 4 is 11.0 Å². The third-order valence-corrected chi connectivity index (χ3v) is 3.83. The minimum atomic E-state index is -0.319. The Labute approximate surface area is 134 Å². The summed E-state index contributed by atoms with van der Waals surface area (Å²) in [7, 11) is 1.94. The van der Waals surface area contributed by atoms with Gasteiger partial charge < -0.3 is 9.15 Å². The van der Waals surface area contributed by atoms with Crippen LogP contribution in [0.3, 0.4) is 0 Å². The highest BCUT2D eigenvalue weighted by molar-refractivity contribution is 5.78. The zero-order chi connectivity index (χ0) is 16.6. The molecule has 0 aliphatic carbocycles. The highest BCUT2D eigenvalue weighted by Crippen LogP contribution is 2.22. The van der Waals surface area contributed by atoms with Crippen molar-refractivity contribution < 1.29 is 9.15 Å². The molecule has 1 aromatic carbocycles. The summed E-state index contributed by atoms with van der Waals surface area (Å²) >= 11 is 0. The first-order chi connectivity index (χ1) is 10.9. The molecule has 0 spiro atoms. The lowest BCUT2D eigenvalue weighted by atomic mass is 10.1. The second-order valence-electron chi connectivity index (χ2n) is 6.04. The van der Waals surface area contributed by atoms with Gasteiger partial charge in [0.2, 0.25) is 0 Å². The van der Waals surface area contributed by atoms with Gasteiger partial charge in [0, 0.05) is 29.8 Å². The topological polar surface area (TPSA) is 57.3 Å². The lowest BCUT2D eigenvalue weighted by Gasteiger charge is -2.05. The Morgan fingerprint density at radius 1 is 1.26 bits per heavy atom. The Morgan fingerprint density at radius 2 is 2.04 bits per heavy atom. The molecule has 23 heavy (non-hydrogen) atoms. The fraction of sp³-hybridized carbons (Fsp3) is 0.333. The van der Waals surface area contributed by atoms with Crippen LogP contribution < -0.4 is 10.4 Å². The molecule has 0 amide bonds. The Kier molecular flexibility index (Phi) is 3.94. The molecule has 0 bridgehead atoms. The molecule has 120 valence electrons. The van der Waals surface area contributed by atoms with E-state index in [1.165, 1.54) is 5.69 Å². The molecule has 2 aromatic heterocycles. The fourth-order valence-corrected chi connectivity index (χ4v) is 2.60. The van der Waals surface area contributed by atoms with E-state index >= 15 is 0 Å². The molecule has 0 radical (unpaired) electrons. The molecule has 0 atom stereocenters. The highest BCUT2D eigenvalue weighted by Gasteiger charge is 2.09. The maximum absolute atomic E-state index is 11.6. The van der Waals surface area contributed by atoms with Crippen LogP contribution in [-0.2, 0) is 13.7 Å². The molecule has 5 heteroatoms. The molecule has 0 N–H and O–H groups in total. The molecule has 0 aliphatic rings. The van der Waals surface area contributed by atoms with E-state index in [0.717, 1.165) is 11.1 Å². The average molecular weight is 312 g/mol. The largest absolute Gasteiger partial charge is 0.487 e. The van der Waals surface area contributed by atoms with Crippen LogP contribution in [-0.4, -0.2) is 9.78 Å². The summed E-state index contributed by atoms with van der Waals surface area (Å²) < 4.78 is 12.9. The van der Waals surface area contributed by atoms with Crippen molar-refractivity contribution in [2.45, 2.75) is 33.3 Å². The molecule has 3 rings (SSSR count). The predicted octanol–water partition coefficient (Wildman–Crippen LogP) is 3.54. The number of rotatable bonds is 4. The van der Waals surface area contributed by atoms with E-state index in [0.29, 0.717) is 29.4 Å². The molecule has 3 aromatic rings. The number of hydrogen-bond acceptors (Lipinski definition) is 4. The van der Waals surface area contributed by atoms with Gasteiger partial charge in [0.25, 0.3) is 0 Å². The summed E-state index contributed by atoms with van der Waals surface area (Å²) in [5.74, 6) is 1.07. The monoisotopic (exact) mass is 312 g/mol. The molecule has 0 unspecified atom stereocenters. The fourth-order valence-electron chi connectivity index (χ4n) is 2.60. The Hall–Kier alpha value is -2.56. The van der Waals surface area contributed by atoms with Crippen molar-refractivity contribution in [3.63, 3.8) is 0 Å². The molecule has 5 nitrogen and oxygen atoms in total. The van der Waals surface area contributed by atoms with Gasteiger partial charge in [-0.1, -0.05) is 13.8 Å². The van der Waals surface area contributed by atoms with Crippen LogP contribution >= 0.6 is 0 Å². The lowest BCUT2D eigenvalue weighted by molar-refractivity contribution is 0.300. The second-order valence-corrected chi connectivity index (χ2v) is 6.04. The van der Waals surface area contributed by atoms with Crippen LogP contribution in [0.15, 0.2) is 39.5 Å². The third-order valence-electron chi connectivity index (χ3n) is 3.83. The number of aromatic nitrogens is 2. The maximum atomic E-state index is 11.6. The number of ether oxygens (including phenoxy) is 1. The van der Waals surface area contributed by atoms with Gasteiger partial charge in [-0.15, -0.1) is 0 Å². The van der Waals surface area contributed by atoms with Crippen LogP contribution in [0.1, 0.15) is 36.7 Å². The molecule has 0 saturated heterocycles. The van der Waals surface area contributed by atoms with Crippen molar-refractivity contribution in [3.8, 4) is 5.75 Å². The second kappa shape index (κ2) is 5.91. The first-order valence-corrected chi connectivity index (χ1v) is 7.64. The minimum absolute atomic E-state index is 0.319. The van der Waals surface area contributed by atoms with Crippen LogP contribution in [0.2, 0.25) is 0 Å². The van der Waals surface area contributed by atoms with Crippen molar-refractivity contribution in [3.05, 3.63) is 57.7 Å². The molecule has 0 aliphatic heterocycles. The number of aryl methyl sites for hydroxylation is 2. The average Bonchev–Trinajstić information content (AvgIpc) is 2.87. The number of fused-ring (bicyclic) bond motifs is 1. The lowest BCUT2D eigenvalue weighted by Crippen LogP contribution is -2.02. The van der Waals surface area contributed by atoms with Gasteiger partial charge in [-0.05, 0) is 37.1 Å². The molecule has 2 heterocycles. The molecular formula is C18H20N2O3. The summed E-state index contributed by atoms with van der Waals surface area (Å²) in [4.78, 5) is 11.6. The summed E-state index contributed by atoms with van der Waals surface area (Å²) in [5.41, 5.74) is 2.86. The summed E-state index contributed by atoms with van der Waals surface area (Å²) in [6, 6.07) is 9.36. The Balaban J connectivity index is 1.80. The van der Waals surface area contributed by atoms with Gasteiger partial charge in [-0.2, -0.15) is 5.10 Å². The van der Waals surface area contributed by atoms with Crippen molar-refractivity contribution in [1.29, 1.82) is 0 Å². The van der Waals surface area contributed by atoms with Crippen LogP contribution in [0.4, 0.5) is 0 Å². The maximum Gasteiger partial charge on any atom is 0.339 e. The van der Waals surface area contributed by atoms with Crippen LogP contribution in [0.25, 0.3) is 11.0 Å². The van der Waals surface area contributed by atoms with Gasteiger partial charge in [0.15, 0.2) is 0 Å². The zero-order valence-corrected chi connectivity index (χ0v) is 13.8. The van der Waals surface area contributed by atoms with Crippen LogP contribution in [0, 0.1) is 6.92 Å². The van der Waals surface area contributed by atoms with E-state index in [1.54, 1.807) is 13.0 Å². The number of hydrogen-bond donors (Lipinski definition) is 0. The highest BCUT2D eigenvalue weighted by atomic mass is 16.5. The number of benzene rings is 1. The van der Waals surface area contributed by atoms with E-state index in [-0.39, 0.29) is 5.63 Å². The summed E-state index contributed by atoms with van der Waals surface area (Å²) in [5, 5.41) is 5.34. The van der Waals surface area contributed by atoms with Crippen molar-refractivity contribution in [2.75, 3.05) is 0 Å². The third kappa shape index (κ3) is 3.13. The first kappa shape index (κ1) is 15.3. The van der Waals surface area contributed by atoms with E-state index < -0.39 is 0 Å². The molecule has 0 fully saturated rings. The minimum Gasteiger partial charge on any atom is -0.487 e. The Morgan fingerprint density at radius 3 is 2.74 bits per heavy atom. The zero-order valence-electron chi connectivity index (χ0n) is 13.8. The van der Waals surface area contributed by atoms with E-state index in [2.05, 4.69) is 25.0 Å². The summed E-state index contributed by atoms with van der Waals surface area (Å²) in [6.07, 6.45) is 0. The first-order valence-electron chi connectivity index (χ1n) is 7.64. The van der Waals surface area contributed by atoms with Crippen LogP contribution in [0.5, 0.6) is 5.75 Å². The Bertz CT molecular complexity index is 906. The smallest absolute Gasteiger partial charge is 0.339 e. The quantitative estimate of drug-likeness (QED) is 0.691. The van der Waals surface area contributed by atoms with Gasteiger partial charge in [0.05, 0.1) is 0 Å². The van der Waals surface area contributed by atoms with Gasteiger partial charge >= 0.3 is 5.63 Å². The van der Waals surface area contributed by atoms with Crippen molar-refractivity contribution in [2.24, 2.45) is 7.05 Å². The van der Waals surface area contributed by atoms with E-state index in [1.807, 2.05) is 29.9 Å². The van der Waals surface area contributed by atoms with Crippen molar-refractivity contribution in [1.82, 2.24) is 9.78 Å². The SMILES string of the molecule is Cc1cc2ccc(OCc3cc(C(C)C)n(C)n3)cc2oc1=O. The van der Waals surface area contributed by atoms with E-state index in [4.69, 9.17) is 9.15 Å². The van der Waals surface area contributed by atoms with E-state index in [9.17, 15) is 4.79 Å². The van der Waals surface area contributed by atoms with Gasteiger partial charge in [0.1, 0.15) is 23.6 Å². The van der Waals surface area contributed by atoms with Gasteiger partial charge in [-0.25, -0.2) is 4.79 Å². The predicted molar refractivity (Wildman–Crippen MR) is 88.9 cm³/mol. The normalized spacial score (nSPS) is 11.3. The molecular weight excluding hydrogens is 292 g/mol. The molecule has 0 saturated carbocycles. The summed E-state index contributed by atoms with van der Waals surface area (Å²) in [6.45, 7) is 6.38. The number of nitrogens with zero attached hydrogens (tertiary/aromatic N) is 2. The standard InChI is InChI=1S/C18H20N2O3/c1-11(2)16-8-14(19-20(16)4)10-22-15-6-5-13-7-12(3)18(21)23-17(13)9-15/h5-9,11H,10H2,1-4H3. The van der Waals surface area contributed by atoms with Gasteiger partial charge in [-0.3, -0.25) is 4.68 Å².